The molecular formula is C22H30N4O2S. The Bertz CT molecular complexity index is 862. The number of hydrogen-bond acceptors (Lipinski definition) is 5. The van der Waals surface area contributed by atoms with Crippen molar-refractivity contribution in [3.63, 3.8) is 0 Å². The number of nitrogens with zero attached hydrogens (tertiary/aromatic N) is 3. The molecular weight excluding hydrogens is 384 g/mol. The lowest BCUT2D eigenvalue weighted by atomic mass is 9.97. The lowest BCUT2D eigenvalue weighted by molar-refractivity contribution is -0.120. The molecule has 0 saturated carbocycles. The number of allylic oxidation sites excluding steroid dienone is 1. The number of ether oxygens (including phenoxy) is 1. The summed E-state index contributed by atoms with van der Waals surface area (Å²) < 4.78 is 7.49. The van der Waals surface area contributed by atoms with Gasteiger partial charge in [0.2, 0.25) is 5.91 Å². The molecule has 7 heteroatoms. The van der Waals surface area contributed by atoms with Crippen LogP contribution in [0.2, 0.25) is 0 Å². The van der Waals surface area contributed by atoms with E-state index in [1.807, 2.05) is 35.8 Å². The van der Waals surface area contributed by atoms with Crippen LogP contribution in [-0.2, 0) is 11.3 Å². The van der Waals surface area contributed by atoms with E-state index in [4.69, 9.17) is 4.74 Å². The number of nitrogens with one attached hydrogen (secondary N) is 1. The molecule has 1 amide bonds. The smallest absolute Gasteiger partial charge is 0.233 e. The molecule has 1 atom stereocenters. The summed E-state index contributed by atoms with van der Waals surface area (Å²) in [6, 6.07) is 7.77. The zero-order chi connectivity index (χ0) is 20.6. The molecule has 1 aliphatic rings. The molecule has 0 saturated heterocycles. The van der Waals surface area contributed by atoms with E-state index >= 15 is 0 Å². The maximum atomic E-state index is 12.5. The van der Waals surface area contributed by atoms with Crippen molar-refractivity contribution >= 4 is 17.7 Å². The molecule has 29 heavy (non-hydrogen) atoms. The second-order valence-corrected chi connectivity index (χ2v) is 8.47. The Morgan fingerprint density at radius 3 is 2.86 bits per heavy atom. The molecule has 1 N–H and O–H groups in total. The Hall–Kier alpha value is -2.28. The molecule has 3 rings (SSSR count). The highest BCUT2D eigenvalue weighted by atomic mass is 32.2. The van der Waals surface area contributed by atoms with E-state index in [2.05, 4.69) is 28.5 Å². The fourth-order valence-corrected chi connectivity index (χ4v) is 4.46. The second-order valence-electron chi connectivity index (χ2n) is 7.16. The minimum absolute atomic E-state index is 0.0379. The summed E-state index contributed by atoms with van der Waals surface area (Å²) in [5.41, 5.74) is 2.37. The lowest BCUT2D eigenvalue weighted by Gasteiger charge is -2.15. The number of thioether (sulfide) groups is 1. The zero-order valence-corrected chi connectivity index (χ0v) is 18.3. The van der Waals surface area contributed by atoms with Gasteiger partial charge in [-0.3, -0.25) is 4.79 Å². The molecule has 2 aromatic rings. The van der Waals surface area contributed by atoms with Crippen LogP contribution < -0.4 is 10.1 Å². The van der Waals surface area contributed by atoms with Crippen LogP contribution in [-0.4, -0.2) is 39.6 Å². The largest absolute Gasteiger partial charge is 0.496 e. The summed E-state index contributed by atoms with van der Waals surface area (Å²) in [5, 5.41) is 12.3. The fraction of sp³-hybridized carbons (Fsp3) is 0.500. The SMILES string of the molecule is CCn1c(SC(C)C(=O)NCCC2=CCCCC2)nnc1-c1ccccc1OC. The first-order chi connectivity index (χ1) is 14.1. The van der Waals surface area contributed by atoms with E-state index in [0.717, 1.165) is 28.7 Å². The second kappa shape index (κ2) is 10.5. The van der Waals surface area contributed by atoms with Gasteiger partial charge in [-0.1, -0.05) is 35.5 Å². The number of hydrogen-bond donors (Lipinski definition) is 1. The number of benzene rings is 1. The van der Waals surface area contributed by atoms with Gasteiger partial charge in [0.05, 0.1) is 17.9 Å². The monoisotopic (exact) mass is 414 g/mol. The quantitative estimate of drug-likeness (QED) is 0.485. The standard InChI is InChI=1S/C22H30N4O2S/c1-4-26-20(18-12-8-9-13-19(18)28-3)24-25-22(26)29-16(2)21(27)23-15-14-17-10-6-5-7-11-17/h8-10,12-13,16H,4-7,11,14-15H2,1-3H3,(H,23,27). The summed E-state index contributed by atoms with van der Waals surface area (Å²) >= 11 is 1.44. The molecule has 1 aromatic heterocycles. The Morgan fingerprint density at radius 1 is 1.31 bits per heavy atom. The van der Waals surface area contributed by atoms with Crippen LogP contribution in [0.1, 0.15) is 46.0 Å². The van der Waals surface area contributed by atoms with Gasteiger partial charge in [0, 0.05) is 13.1 Å². The van der Waals surface area contributed by atoms with Crippen molar-refractivity contribution in [3.8, 4) is 17.1 Å². The Labute approximate surface area is 177 Å². The first kappa shape index (κ1) is 21.4. The normalized spacial score (nSPS) is 14.9. The minimum Gasteiger partial charge on any atom is -0.496 e. The number of amides is 1. The van der Waals surface area contributed by atoms with Gasteiger partial charge in [-0.05, 0) is 58.1 Å². The van der Waals surface area contributed by atoms with Crippen LogP contribution in [0.15, 0.2) is 41.1 Å². The molecule has 0 radical (unpaired) electrons. The van der Waals surface area contributed by atoms with Gasteiger partial charge in [-0.25, -0.2) is 0 Å². The van der Waals surface area contributed by atoms with E-state index < -0.39 is 0 Å². The van der Waals surface area contributed by atoms with Gasteiger partial charge in [0.15, 0.2) is 11.0 Å². The molecule has 0 fully saturated rings. The predicted molar refractivity (Wildman–Crippen MR) is 117 cm³/mol. The number of carbonyl (C=O) groups excluding carboxylic acids is 1. The third-order valence-corrected chi connectivity index (χ3v) is 6.24. The average molecular weight is 415 g/mol. The molecule has 0 bridgehead atoms. The van der Waals surface area contributed by atoms with E-state index in [1.54, 1.807) is 7.11 Å². The average Bonchev–Trinajstić information content (AvgIpc) is 3.16. The first-order valence-corrected chi connectivity index (χ1v) is 11.2. The van der Waals surface area contributed by atoms with Crippen LogP contribution in [0.4, 0.5) is 0 Å². The molecule has 1 heterocycles. The third kappa shape index (κ3) is 5.41. The van der Waals surface area contributed by atoms with Crippen molar-refractivity contribution in [3.05, 3.63) is 35.9 Å². The highest BCUT2D eigenvalue weighted by Crippen LogP contribution is 2.32. The molecule has 1 aliphatic carbocycles. The molecule has 6 nitrogen and oxygen atoms in total. The summed E-state index contributed by atoms with van der Waals surface area (Å²) in [6.07, 6.45) is 8.19. The van der Waals surface area contributed by atoms with Crippen LogP contribution in [0.25, 0.3) is 11.4 Å². The van der Waals surface area contributed by atoms with E-state index in [0.29, 0.717) is 13.1 Å². The van der Waals surface area contributed by atoms with Crippen molar-refractivity contribution in [2.45, 2.75) is 62.9 Å². The van der Waals surface area contributed by atoms with Gasteiger partial charge in [-0.15, -0.1) is 10.2 Å². The Balaban J connectivity index is 1.62. The van der Waals surface area contributed by atoms with Crippen LogP contribution >= 0.6 is 11.8 Å². The maximum absolute atomic E-state index is 12.5. The van der Waals surface area contributed by atoms with Crippen LogP contribution in [0, 0.1) is 0 Å². The lowest BCUT2D eigenvalue weighted by Crippen LogP contribution is -2.32. The van der Waals surface area contributed by atoms with Crippen LogP contribution in [0.5, 0.6) is 5.75 Å². The van der Waals surface area contributed by atoms with Gasteiger partial charge in [0.1, 0.15) is 5.75 Å². The number of carbonyl (C=O) groups is 1. The van der Waals surface area contributed by atoms with Gasteiger partial charge in [-0.2, -0.15) is 0 Å². The third-order valence-electron chi connectivity index (χ3n) is 5.16. The molecule has 156 valence electrons. The molecule has 0 aliphatic heterocycles. The van der Waals surface area contributed by atoms with Gasteiger partial charge in [0.25, 0.3) is 0 Å². The highest BCUT2D eigenvalue weighted by Gasteiger charge is 2.21. The Kier molecular flexibility index (Phi) is 7.75. The first-order valence-electron chi connectivity index (χ1n) is 10.3. The topological polar surface area (TPSA) is 69.0 Å². The van der Waals surface area contributed by atoms with Crippen molar-refractivity contribution in [1.82, 2.24) is 20.1 Å². The van der Waals surface area contributed by atoms with Crippen molar-refractivity contribution in [1.29, 1.82) is 0 Å². The van der Waals surface area contributed by atoms with E-state index in [9.17, 15) is 4.79 Å². The van der Waals surface area contributed by atoms with E-state index in [1.165, 1.54) is 43.0 Å². The van der Waals surface area contributed by atoms with Crippen molar-refractivity contribution in [2.24, 2.45) is 0 Å². The minimum atomic E-state index is -0.240. The number of rotatable bonds is 9. The van der Waals surface area contributed by atoms with E-state index in [-0.39, 0.29) is 11.2 Å². The summed E-state index contributed by atoms with van der Waals surface area (Å²) in [4.78, 5) is 12.5. The number of methoxy groups -OCH3 is 1. The molecule has 1 aromatic carbocycles. The van der Waals surface area contributed by atoms with Crippen molar-refractivity contribution in [2.75, 3.05) is 13.7 Å². The molecule has 1 unspecified atom stereocenters. The predicted octanol–water partition coefficient (Wildman–Crippen LogP) is 4.46. The Morgan fingerprint density at radius 2 is 2.14 bits per heavy atom. The zero-order valence-electron chi connectivity index (χ0n) is 17.5. The van der Waals surface area contributed by atoms with Gasteiger partial charge < -0.3 is 14.6 Å². The number of para-hydroxylation sites is 1. The highest BCUT2D eigenvalue weighted by molar-refractivity contribution is 8.00. The van der Waals surface area contributed by atoms with Gasteiger partial charge >= 0.3 is 0 Å². The molecule has 0 spiro atoms. The fourth-order valence-electron chi connectivity index (χ4n) is 3.52. The summed E-state index contributed by atoms with van der Waals surface area (Å²) in [6.45, 7) is 5.38. The van der Waals surface area contributed by atoms with Crippen molar-refractivity contribution < 1.29 is 9.53 Å². The summed E-state index contributed by atoms with van der Waals surface area (Å²) in [7, 11) is 1.65. The maximum Gasteiger partial charge on any atom is 0.233 e. The van der Waals surface area contributed by atoms with Crippen LogP contribution in [0.3, 0.4) is 0 Å². The summed E-state index contributed by atoms with van der Waals surface area (Å²) in [5.74, 6) is 1.55. The number of aromatic nitrogens is 3.